The largest absolute Gasteiger partial charge is 0.481 e. The number of amides is 11. The van der Waals surface area contributed by atoms with Crippen LogP contribution in [-0.4, -0.2) is 184 Å². The van der Waals surface area contributed by atoms with E-state index in [0.717, 1.165) is 0 Å². The number of carboxylic acid groups (broad SMARTS) is 2. The second-order valence-electron chi connectivity index (χ2n) is 20.6. The zero-order valence-corrected chi connectivity index (χ0v) is 48.0. The van der Waals surface area contributed by atoms with Crippen molar-refractivity contribution in [2.45, 2.75) is 192 Å². The van der Waals surface area contributed by atoms with Gasteiger partial charge in [0.1, 0.15) is 54.4 Å². The lowest BCUT2D eigenvalue weighted by molar-refractivity contribution is -0.142. The Bertz CT molecular complexity index is 2210. The molecule has 0 aromatic rings. The van der Waals surface area contributed by atoms with Gasteiger partial charge in [-0.2, -0.15) is 11.8 Å². The van der Waals surface area contributed by atoms with Crippen LogP contribution in [0, 0.1) is 11.8 Å². The number of hydrogen-bond donors (Lipinski definition) is 16. The molecule has 81 heavy (non-hydrogen) atoms. The second kappa shape index (κ2) is 37.6. The highest BCUT2D eigenvalue weighted by Crippen LogP contribution is 2.12. The van der Waals surface area contributed by atoms with Gasteiger partial charge in [-0.1, -0.05) is 40.5 Å². The van der Waals surface area contributed by atoms with Crippen molar-refractivity contribution in [1.29, 1.82) is 0 Å². The Morgan fingerprint density at radius 2 is 1.01 bits per heavy atom. The molecule has 1 saturated heterocycles. The molecule has 1 fully saturated rings. The number of aliphatic carboxylic acids is 2. The molecular weight excluding hydrogens is 1080 g/mol. The molecule has 11 amide bonds. The number of hydrogen-bond acceptors (Lipinski definition) is 16. The summed E-state index contributed by atoms with van der Waals surface area (Å²) in [6.07, 6.45) is -1.49. The molecule has 0 aromatic heterocycles. The maximum absolute atomic E-state index is 14.1. The summed E-state index contributed by atoms with van der Waals surface area (Å²) in [4.78, 5) is 177. The number of aliphatic hydroxyl groups excluding tert-OH is 1. The van der Waals surface area contributed by atoms with E-state index in [2.05, 4.69) is 58.2 Å². The zero-order valence-electron chi connectivity index (χ0n) is 47.2. The van der Waals surface area contributed by atoms with Crippen molar-refractivity contribution in [3.63, 3.8) is 0 Å². The van der Waals surface area contributed by atoms with Gasteiger partial charge in [-0.25, -0.2) is 0 Å². The smallest absolute Gasteiger partial charge is 0.305 e. The minimum Gasteiger partial charge on any atom is -0.481 e. The molecule has 0 unspecified atom stereocenters. The molecule has 1 rings (SSSR count). The average Bonchev–Trinajstić information content (AvgIpc) is 3.36. The molecule has 0 radical (unpaired) electrons. The third-order valence-corrected chi connectivity index (χ3v) is 12.9. The molecule has 19 N–H and O–H groups in total. The van der Waals surface area contributed by atoms with Gasteiger partial charge in [-0.3, -0.25) is 67.3 Å². The topological polar surface area (TPSA) is 493 Å². The zero-order chi connectivity index (χ0) is 61.5. The molecule has 1 aliphatic heterocycles. The Kier molecular flexibility index (Phi) is 33.3. The lowest BCUT2D eigenvalue weighted by Crippen LogP contribution is -2.61. The molecule has 31 heteroatoms. The lowest BCUT2D eigenvalue weighted by Gasteiger charge is -2.28. The molecule has 0 bridgehead atoms. The first kappa shape index (κ1) is 71.7. The monoisotopic (exact) mass is 1170 g/mol. The first-order valence-corrected chi connectivity index (χ1v) is 28.3. The van der Waals surface area contributed by atoms with Gasteiger partial charge in [0.05, 0.1) is 18.9 Å². The van der Waals surface area contributed by atoms with E-state index in [4.69, 9.17) is 17.2 Å². The number of guanidine groups is 1. The number of carbonyl (C=O) groups is 13. The van der Waals surface area contributed by atoms with Crippen LogP contribution in [0.25, 0.3) is 0 Å². The van der Waals surface area contributed by atoms with Gasteiger partial charge in [0, 0.05) is 25.9 Å². The fourth-order valence-electron chi connectivity index (χ4n) is 8.06. The van der Waals surface area contributed by atoms with Crippen LogP contribution in [0.5, 0.6) is 0 Å². The van der Waals surface area contributed by atoms with E-state index in [9.17, 15) is 77.6 Å². The first-order chi connectivity index (χ1) is 37.9. The summed E-state index contributed by atoms with van der Waals surface area (Å²) in [7, 11) is 0. The van der Waals surface area contributed by atoms with Crippen molar-refractivity contribution in [2.75, 3.05) is 25.1 Å². The number of carbonyl (C=O) groups excluding carboxylic acids is 11. The summed E-state index contributed by atoms with van der Waals surface area (Å²) in [5.74, 6) is -14.0. The number of nitrogens with two attached hydrogens (primary N) is 3. The molecule has 1 aliphatic rings. The fourth-order valence-corrected chi connectivity index (χ4v) is 8.53. The average molecular weight is 1170 g/mol. The molecule has 0 aliphatic carbocycles. The van der Waals surface area contributed by atoms with E-state index in [1.165, 1.54) is 25.6 Å². The molecule has 30 nitrogen and oxygen atoms in total. The fraction of sp³-hybridized carbons (Fsp3) is 0.720. The Morgan fingerprint density at radius 1 is 0.556 bits per heavy atom. The quantitative estimate of drug-likeness (QED) is 0.0332. The second-order valence-corrected chi connectivity index (χ2v) is 21.6. The van der Waals surface area contributed by atoms with Crippen LogP contribution >= 0.6 is 11.8 Å². The number of carboxylic acids is 2. The van der Waals surface area contributed by atoms with Gasteiger partial charge in [-0.05, 0) is 89.1 Å². The van der Waals surface area contributed by atoms with Gasteiger partial charge in [0.25, 0.3) is 0 Å². The Balaban J connectivity index is 3.86. The van der Waals surface area contributed by atoms with E-state index < -0.39 is 163 Å². The Morgan fingerprint density at radius 3 is 1.53 bits per heavy atom. The molecule has 0 aromatic carbocycles. The molecule has 458 valence electrons. The molecule has 1 heterocycles. The molecular formula is C50H86N14O16S. The minimum absolute atomic E-state index is 0.0313. The van der Waals surface area contributed by atoms with Gasteiger partial charge >= 0.3 is 11.9 Å². The predicted octanol–water partition coefficient (Wildman–Crippen LogP) is -4.06. The lowest BCUT2D eigenvalue weighted by atomic mass is 10.0. The number of nitrogens with zero attached hydrogens (tertiary/aromatic N) is 1. The maximum Gasteiger partial charge on any atom is 0.305 e. The highest BCUT2D eigenvalue weighted by atomic mass is 32.2. The van der Waals surface area contributed by atoms with E-state index in [1.807, 2.05) is 0 Å². The summed E-state index contributed by atoms with van der Waals surface area (Å²) in [6.45, 7) is 9.46. The summed E-state index contributed by atoms with van der Waals surface area (Å²) in [5.41, 5.74) is 16.4. The predicted molar refractivity (Wildman–Crippen MR) is 296 cm³/mol. The van der Waals surface area contributed by atoms with E-state index in [0.29, 0.717) is 19.3 Å². The van der Waals surface area contributed by atoms with Gasteiger partial charge in [-0.15, -0.1) is 0 Å². The van der Waals surface area contributed by atoms with Gasteiger partial charge in [0.15, 0.2) is 5.96 Å². The van der Waals surface area contributed by atoms with E-state index >= 15 is 0 Å². The van der Waals surface area contributed by atoms with Crippen LogP contribution in [-0.2, 0) is 62.3 Å². The number of aliphatic imine (C=N–C) groups is 1. The van der Waals surface area contributed by atoms with Crippen LogP contribution < -0.4 is 70.4 Å². The first-order valence-electron chi connectivity index (χ1n) is 26.9. The molecule has 0 spiro atoms. The van der Waals surface area contributed by atoms with E-state index in [-0.39, 0.29) is 81.6 Å². The van der Waals surface area contributed by atoms with Crippen molar-refractivity contribution in [3.8, 4) is 0 Å². The van der Waals surface area contributed by atoms with Crippen LogP contribution in [0.4, 0.5) is 0 Å². The highest BCUT2D eigenvalue weighted by Gasteiger charge is 2.36. The van der Waals surface area contributed by atoms with Crippen molar-refractivity contribution in [2.24, 2.45) is 34.0 Å². The number of aliphatic hydroxyl groups is 1. The standard InChI is InChI=1S/C50H86N14O16S/c1-25(2)21-32-42(73)54-18-11-9-8-10-14-37(67)64-40(28(6)65)49(80)59-30(15-16-38(68)69)45(76)57-29(13-12-19-55-50(52)53)44(75)58-31(17-20-81-7)43(74)56-27(5)41(72)60-33(22-26(3)4)46(77)63-35(24-39(70)71)48(79)62-34(23-36(51)66)47(78)61-32/h25-35,40,65H,8-24H2,1-7H3,(H2,51,66)(H,54,73)(H,56,74)(H,57,76)(H,58,75)(H,59,80)(H,60,72)(H,61,78)(H,62,79)(H,63,77)(H,64,67)(H,68,69)(H,70,71)(H4,52,53,55)/t27-,28+,29-,30-,31-,32-,33-,34-,35+,40-/m0/s1. The normalized spacial score (nSPS) is 25.0. The molecule has 0 saturated carbocycles. The van der Waals surface area contributed by atoms with Crippen LogP contribution in [0.15, 0.2) is 4.99 Å². The van der Waals surface area contributed by atoms with Gasteiger partial charge < -0.3 is 85.7 Å². The van der Waals surface area contributed by atoms with Crippen molar-refractivity contribution in [3.05, 3.63) is 0 Å². The summed E-state index contributed by atoms with van der Waals surface area (Å²) >= 11 is 1.29. The van der Waals surface area contributed by atoms with Crippen molar-refractivity contribution in [1.82, 2.24) is 53.2 Å². The number of nitrogens with one attached hydrogen (secondary N) is 10. The SMILES string of the molecule is CSCC[C@@H]1NC(=O)[C@H](CCCN=C(N)N)NC(=O)[C@H](CCC(=O)O)NC(=O)[C@H]([C@@H](C)O)NC(=O)CCCCCCNC(=O)[C@H](CC(C)C)NC(=O)[C@H](CC(N)=O)NC(=O)[C@@H](CC(=O)O)NC(=O)[C@H](CC(C)C)NC(=O)[C@H](C)NC1=O. The third kappa shape index (κ3) is 29.6. The molecule has 10 atom stereocenters. The van der Waals surface area contributed by atoms with Crippen molar-refractivity contribution < 1.29 is 77.6 Å². The van der Waals surface area contributed by atoms with E-state index in [1.54, 1.807) is 34.0 Å². The summed E-state index contributed by atoms with van der Waals surface area (Å²) in [5, 5.41) is 54.6. The summed E-state index contributed by atoms with van der Waals surface area (Å²) in [6, 6.07) is -13.9. The van der Waals surface area contributed by atoms with Gasteiger partial charge in [0.2, 0.25) is 65.0 Å². The van der Waals surface area contributed by atoms with Crippen LogP contribution in [0.3, 0.4) is 0 Å². The Hall–Kier alpha value is -7.31. The Labute approximate surface area is 475 Å². The summed E-state index contributed by atoms with van der Waals surface area (Å²) < 4.78 is 0. The highest BCUT2D eigenvalue weighted by molar-refractivity contribution is 7.98. The van der Waals surface area contributed by atoms with Crippen LogP contribution in [0.2, 0.25) is 0 Å². The number of primary amides is 1. The number of thioether (sulfide) groups is 1. The minimum atomic E-state index is -1.91. The van der Waals surface area contributed by atoms with Crippen molar-refractivity contribution >= 4 is 94.6 Å². The maximum atomic E-state index is 14.1. The third-order valence-electron chi connectivity index (χ3n) is 12.3. The number of rotatable bonds is 19. The van der Waals surface area contributed by atoms with Crippen LogP contribution in [0.1, 0.15) is 131 Å².